The van der Waals surface area contributed by atoms with Gasteiger partial charge in [-0.1, -0.05) is 12.5 Å². The molecule has 212 valence electrons. The molecule has 12 heteroatoms. The quantitative estimate of drug-likeness (QED) is 0.243. The molecule has 2 aliphatic carbocycles. The molecule has 1 fully saturated rings. The molecule has 2 aliphatic rings. The van der Waals surface area contributed by atoms with E-state index >= 15 is 0 Å². The number of pyridine rings is 1. The molecule has 9 nitrogen and oxygen atoms in total. The first-order chi connectivity index (χ1) is 19.6. The molecule has 41 heavy (non-hydrogen) atoms. The van der Waals surface area contributed by atoms with Crippen LogP contribution in [0.25, 0.3) is 11.8 Å². The summed E-state index contributed by atoms with van der Waals surface area (Å²) in [4.78, 5) is 22.8. The Bertz CT molecular complexity index is 1780. The van der Waals surface area contributed by atoms with Crippen molar-refractivity contribution in [2.75, 3.05) is 6.54 Å². The summed E-state index contributed by atoms with van der Waals surface area (Å²) in [6.45, 7) is 2.30. The van der Waals surface area contributed by atoms with Crippen molar-refractivity contribution in [2.24, 2.45) is 12.5 Å². The van der Waals surface area contributed by atoms with Gasteiger partial charge in [-0.05, 0) is 73.5 Å². The normalized spacial score (nSPS) is 21.6. The number of aromatic nitrogens is 6. The Morgan fingerprint density at radius 1 is 1.20 bits per heavy atom. The number of carbonyl (C=O) groups is 1. The third-order valence-electron chi connectivity index (χ3n) is 8.06. The van der Waals surface area contributed by atoms with Gasteiger partial charge < -0.3 is 0 Å². The van der Waals surface area contributed by atoms with E-state index in [4.69, 9.17) is 0 Å². The van der Waals surface area contributed by atoms with E-state index in [9.17, 15) is 17.8 Å². The van der Waals surface area contributed by atoms with Crippen LogP contribution >= 0.6 is 0 Å². The Morgan fingerprint density at radius 3 is 2.66 bits per heavy atom. The second-order valence-corrected chi connectivity index (χ2v) is 12.6. The average molecular weight is 578 g/mol. The van der Waals surface area contributed by atoms with Crippen molar-refractivity contribution < 1.29 is 17.8 Å². The Hall–Kier alpha value is -4.03. The molecule has 0 spiro atoms. The molecule has 0 N–H and O–H groups in total. The van der Waals surface area contributed by atoms with Crippen LogP contribution < -0.4 is 0 Å². The van der Waals surface area contributed by atoms with Crippen molar-refractivity contribution in [1.82, 2.24) is 33.8 Å². The molecular formula is C29H29F2N7O2S. The lowest BCUT2D eigenvalue weighted by Crippen LogP contribution is -2.50. The van der Waals surface area contributed by atoms with Gasteiger partial charge in [-0.25, -0.2) is 27.0 Å². The number of carbonyl (C=O) groups excluding carboxylic acids is 1. The molecule has 1 unspecified atom stereocenters. The van der Waals surface area contributed by atoms with Crippen LogP contribution in [0.4, 0.5) is 8.78 Å². The monoisotopic (exact) mass is 577 g/mol. The van der Waals surface area contributed by atoms with Crippen LogP contribution in [0.15, 0.2) is 65.8 Å². The summed E-state index contributed by atoms with van der Waals surface area (Å²) in [6.07, 6.45) is 8.23. The number of allylic oxidation sites excluding steroid dienone is 1. The van der Waals surface area contributed by atoms with E-state index in [1.54, 1.807) is 34.4 Å². The van der Waals surface area contributed by atoms with Crippen LogP contribution in [0, 0.1) is 17.0 Å². The Morgan fingerprint density at radius 2 is 1.98 bits per heavy atom. The summed E-state index contributed by atoms with van der Waals surface area (Å²) >= 11 is 0. The van der Waals surface area contributed by atoms with Gasteiger partial charge in [0.05, 0.1) is 32.7 Å². The minimum Gasteiger partial charge on any atom is -0.291 e. The highest BCUT2D eigenvalue weighted by Gasteiger charge is 2.51. The SMILES string of the molecule is C=S(=O)(c1ncn(C)n1)N(CC)[C@H]1CCC2=Cc3c(cnn3-c3ccc(F)cc3)C[C@]2(C(=O)c2cc(F)ccn2)C1. The van der Waals surface area contributed by atoms with E-state index in [1.807, 2.05) is 13.0 Å². The van der Waals surface area contributed by atoms with E-state index in [2.05, 4.69) is 26.0 Å². The topological polar surface area (TPSA) is 98.8 Å². The predicted molar refractivity (Wildman–Crippen MR) is 151 cm³/mol. The molecule has 1 saturated carbocycles. The molecule has 0 saturated heterocycles. The molecule has 1 aromatic carbocycles. The van der Waals surface area contributed by atoms with Gasteiger partial charge in [0.1, 0.15) is 23.7 Å². The second-order valence-electron chi connectivity index (χ2n) is 10.5. The van der Waals surface area contributed by atoms with Gasteiger partial charge >= 0.3 is 0 Å². The van der Waals surface area contributed by atoms with Gasteiger partial charge in [-0.15, -0.1) is 5.10 Å². The van der Waals surface area contributed by atoms with E-state index in [0.29, 0.717) is 37.9 Å². The number of Topliss-reactive ketones (excluding diaryl/α,β-unsaturated/α-hetero) is 1. The number of benzene rings is 1. The first-order valence-electron chi connectivity index (χ1n) is 13.3. The van der Waals surface area contributed by atoms with Crippen LogP contribution in [0.2, 0.25) is 0 Å². The van der Waals surface area contributed by atoms with Crippen molar-refractivity contribution >= 4 is 27.4 Å². The zero-order valence-corrected chi connectivity index (χ0v) is 23.5. The molecule has 0 radical (unpaired) electrons. The zero-order chi connectivity index (χ0) is 28.9. The fraction of sp³-hybridized carbons (Fsp3) is 0.310. The third kappa shape index (κ3) is 4.60. The second kappa shape index (κ2) is 10.1. The number of hydrogen-bond acceptors (Lipinski definition) is 6. The van der Waals surface area contributed by atoms with Crippen LogP contribution in [0.5, 0.6) is 0 Å². The maximum atomic E-state index is 14.3. The fourth-order valence-electron chi connectivity index (χ4n) is 6.17. The molecule has 4 aromatic rings. The van der Waals surface area contributed by atoms with Gasteiger partial charge in [0.25, 0.3) is 0 Å². The Kier molecular flexibility index (Phi) is 6.69. The Labute approximate surface area is 236 Å². The van der Waals surface area contributed by atoms with Crippen molar-refractivity contribution in [2.45, 2.75) is 43.8 Å². The van der Waals surface area contributed by atoms with Crippen LogP contribution in [0.1, 0.15) is 47.9 Å². The van der Waals surface area contributed by atoms with Gasteiger partial charge in [-0.3, -0.25) is 14.5 Å². The summed E-state index contributed by atoms with van der Waals surface area (Å²) in [5, 5.41) is 8.97. The number of nitrogens with zero attached hydrogens (tertiary/aromatic N) is 7. The number of rotatable bonds is 7. The van der Waals surface area contributed by atoms with E-state index in [0.717, 1.165) is 22.9 Å². The third-order valence-corrected chi connectivity index (χ3v) is 10.1. The maximum Gasteiger partial charge on any atom is 0.244 e. The highest BCUT2D eigenvalue weighted by atomic mass is 32.2. The molecule has 0 bridgehead atoms. The summed E-state index contributed by atoms with van der Waals surface area (Å²) in [7, 11) is -1.35. The van der Waals surface area contributed by atoms with Crippen molar-refractivity contribution in [1.29, 1.82) is 0 Å². The molecule has 0 amide bonds. The van der Waals surface area contributed by atoms with Crippen LogP contribution in [-0.4, -0.2) is 62.3 Å². The van der Waals surface area contributed by atoms with Crippen molar-refractivity contribution in [3.63, 3.8) is 0 Å². The number of halogens is 2. The number of ketones is 1. The van der Waals surface area contributed by atoms with Gasteiger partial charge in [0.15, 0.2) is 5.78 Å². The minimum absolute atomic E-state index is 0.0377. The minimum atomic E-state index is -3.05. The van der Waals surface area contributed by atoms with Gasteiger partial charge in [0, 0.05) is 31.9 Å². The summed E-state index contributed by atoms with van der Waals surface area (Å²) in [6, 6.07) is 8.12. The largest absolute Gasteiger partial charge is 0.291 e. The summed E-state index contributed by atoms with van der Waals surface area (Å²) < 4.78 is 46.9. The lowest BCUT2D eigenvalue weighted by molar-refractivity contribution is 0.0741. The predicted octanol–water partition coefficient (Wildman–Crippen LogP) is 4.05. The van der Waals surface area contributed by atoms with Gasteiger partial charge in [0.2, 0.25) is 5.16 Å². The van der Waals surface area contributed by atoms with Gasteiger partial charge in [-0.2, -0.15) is 5.10 Å². The first-order valence-corrected chi connectivity index (χ1v) is 15.0. The molecule has 0 aliphatic heterocycles. The van der Waals surface area contributed by atoms with E-state index in [-0.39, 0.29) is 28.5 Å². The smallest absolute Gasteiger partial charge is 0.244 e. The number of fused-ring (bicyclic) bond motifs is 2. The average Bonchev–Trinajstić information content (AvgIpc) is 3.58. The highest BCUT2D eigenvalue weighted by Crippen LogP contribution is 2.51. The van der Waals surface area contributed by atoms with Crippen LogP contribution in [-0.2, 0) is 23.2 Å². The Balaban J connectivity index is 1.44. The summed E-state index contributed by atoms with van der Waals surface area (Å²) in [5.41, 5.74) is 2.19. The maximum absolute atomic E-state index is 14.3. The highest BCUT2D eigenvalue weighted by molar-refractivity contribution is 7.98. The first kappa shape index (κ1) is 27.2. The lowest BCUT2D eigenvalue weighted by Gasteiger charge is -2.46. The molecule has 3 atom stereocenters. The lowest BCUT2D eigenvalue weighted by atomic mass is 9.60. The molecule has 3 heterocycles. The number of hydrogen-bond donors (Lipinski definition) is 0. The molecular weight excluding hydrogens is 548 g/mol. The van der Waals surface area contributed by atoms with Crippen molar-refractivity contribution in [3.8, 4) is 5.69 Å². The zero-order valence-electron chi connectivity index (χ0n) is 22.7. The molecule has 3 aromatic heterocycles. The standard InChI is InChI=1S/C29H29F2N7O2S/c1-4-37(41(3,40)28-33-18-36(2)35-28)24-8-5-20-13-26-19(17-34-38(26)23-9-6-21(30)7-10-23)15-29(20,16-24)27(39)25-14-22(31)11-12-32-25/h6-7,9-14,17-18,24H,3-5,8,15-16H2,1-2H3/t24-,29-,41?/m0/s1. The van der Waals surface area contributed by atoms with E-state index in [1.165, 1.54) is 35.4 Å². The van der Waals surface area contributed by atoms with Crippen LogP contribution in [0.3, 0.4) is 0 Å². The molecule has 6 rings (SSSR count). The summed E-state index contributed by atoms with van der Waals surface area (Å²) in [5.74, 6) is 2.85. The fourth-order valence-corrected chi connectivity index (χ4v) is 7.93. The van der Waals surface area contributed by atoms with Crippen molar-refractivity contribution in [3.05, 3.63) is 89.3 Å². The van der Waals surface area contributed by atoms with E-state index < -0.39 is 20.9 Å². The number of aryl methyl sites for hydroxylation is 1.